The van der Waals surface area contributed by atoms with E-state index in [1.807, 2.05) is 95.7 Å². The highest BCUT2D eigenvalue weighted by Gasteiger charge is 2.45. The van der Waals surface area contributed by atoms with Crippen molar-refractivity contribution < 1.29 is 24.6 Å². The van der Waals surface area contributed by atoms with Crippen LogP contribution in [0.15, 0.2) is 104 Å². The Labute approximate surface area is 427 Å². The molecule has 3 amide bonds. The normalized spacial score (nSPS) is 20.6. The maximum Gasteiger partial charge on any atom is 0.246 e. The average molecular weight is 989 g/mol. The van der Waals surface area contributed by atoms with Crippen LogP contribution in [0.25, 0.3) is 33.6 Å². The summed E-state index contributed by atoms with van der Waals surface area (Å²) in [4.78, 5) is 57.5. The summed E-state index contributed by atoms with van der Waals surface area (Å²) in [7, 11) is 1.89. The lowest BCUT2D eigenvalue weighted by molar-refractivity contribution is -0.144. The fourth-order valence-corrected chi connectivity index (χ4v) is 10.6. The van der Waals surface area contributed by atoms with Crippen LogP contribution in [-0.2, 0) is 28.0 Å². The highest BCUT2D eigenvalue weighted by atomic mass is 16.3. The third-order valence-corrected chi connectivity index (χ3v) is 14.8. The molecule has 9 rings (SSSR count). The van der Waals surface area contributed by atoms with Crippen molar-refractivity contribution in [3.8, 4) is 39.4 Å². The van der Waals surface area contributed by atoms with Crippen LogP contribution >= 0.6 is 0 Å². The Morgan fingerprint density at radius 1 is 0.836 bits per heavy atom. The predicted octanol–water partition coefficient (Wildman–Crippen LogP) is 6.94. The minimum absolute atomic E-state index is 0.0222. The van der Waals surface area contributed by atoms with E-state index < -0.39 is 23.6 Å². The number of nitrogens with one attached hydrogen (secondary N) is 3. The van der Waals surface area contributed by atoms with Crippen molar-refractivity contribution in [3.05, 3.63) is 115 Å². The van der Waals surface area contributed by atoms with Gasteiger partial charge in [-0.2, -0.15) is 5.10 Å². The number of hydrogen-bond acceptors (Lipinski definition) is 13. The zero-order valence-corrected chi connectivity index (χ0v) is 42.7. The lowest BCUT2D eigenvalue weighted by atomic mass is 9.77. The lowest BCUT2D eigenvalue weighted by Crippen LogP contribution is -2.58. The number of hydrogen-bond donors (Lipinski definition) is 5. The first kappa shape index (κ1) is 50.5. The highest BCUT2D eigenvalue weighted by Crippen LogP contribution is 2.38. The van der Waals surface area contributed by atoms with Gasteiger partial charge in [0.05, 0.1) is 23.2 Å². The number of aliphatic hydroxyl groups excluding tert-OH is 1. The van der Waals surface area contributed by atoms with Crippen LogP contribution in [0.4, 0.5) is 17.5 Å². The van der Waals surface area contributed by atoms with Crippen LogP contribution in [0.3, 0.4) is 0 Å². The van der Waals surface area contributed by atoms with E-state index in [9.17, 15) is 24.6 Å². The first-order valence-electron chi connectivity index (χ1n) is 25.6. The van der Waals surface area contributed by atoms with Crippen molar-refractivity contribution in [2.75, 3.05) is 47.8 Å². The standard InChI is InChI=1S/C56H68N12O5/c1-7-57-51-47(29-45(63-64-51)44-10-8-9-11-49(44)70)67-27-26-66(33-35(67)2)55-59-31-42(32-60-55)39-18-16-37(17-19-39)38-20-22-41(23-21-38)52(71)62-50(56(3,4)5)54(73)68-34-43(69)28-48(68)53(72)58-30-36-12-14-40(15-13-36)46-24-25-61-65(46)6/h8-19,24-25,29,31-32,35,38,41,43,48,50,69-70H,7,20-23,26-28,30,33-34H2,1-6H3,(H,57,64)(H,58,72)(H,62,71)/t35-,38-,41+,43+,48-,50+/m0/s1. The van der Waals surface area contributed by atoms with Crippen molar-refractivity contribution >= 4 is 35.2 Å². The van der Waals surface area contributed by atoms with E-state index in [-0.39, 0.29) is 54.9 Å². The summed E-state index contributed by atoms with van der Waals surface area (Å²) in [6.07, 6.45) is 7.86. The van der Waals surface area contributed by atoms with Gasteiger partial charge in [0.25, 0.3) is 0 Å². The maximum absolute atomic E-state index is 14.3. The molecule has 3 aromatic heterocycles. The molecule has 5 heterocycles. The lowest BCUT2D eigenvalue weighted by Gasteiger charge is -2.41. The Hall–Kier alpha value is -7.40. The molecule has 5 N–H and O–H groups in total. The average Bonchev–Trinajstić information content (AvgIpc) is 4.02. The van der Waals surface area contributed by atoms with Crippen molar-refractivity contribution in [2.45, 2.75) is 103 Å². The first-order chi connectivity index (χ1) is 35.1. The number of carbonyl (C=O) groups is 3. The number of anilines is 3. The Bertz CT molecular complexity index is 2880. The topological polar surface area (TPSA) is 207 Å². The fraction of sp³-hybridized carbons (Fsp3) is 0.429. The number of β-amino-alcohol motifs (C(OH)–C–C–N with tert-alkyl or cyclic N) is 1. The van der Waals surface area contributed by atoms with Gasteiger partial charge in [-0.15, -0.1) is 10.2 Å². The van der Waals surface area contributed by atoms with Gasteiger partial charge in [-0.3, -0.25) is 19.1 Å². The molecule has 17 nitrogen and oxygen atoms in total. The van der Waals surface area contributed by atoms with E-state index in [0.29, 0.717) is 61.4 Å². The third kappa shape index (κ3) is 11.3. The second-order valence-electron chi connectivity index (χ2n) is 20.9. The van der Waals surface area contributed by atoms with Crippen LogP contribution < -0.4 is 25.8 Å². The summed E-state index contributed by atoms with van der Waals surface area (Å²) in [5.74, 6) is 0.758. The number of amides is 3. The number of phenolic OH excluding ortho intramolecular Hbond substituents is 1. The Kier molecular flexibility index (Phi) is 15.1. The van der Waals surface area contributed by atoms with Crippen molar-refractivity contribution in [2.24, 2.45) is 18.4 Å². The number of aromatic nitrogens is 6. The SMILES string of the molecule is CCNc1nnc(-c2ccccc2O)cc1N1CCN(c2ncc(-c3ccc([C@H]4CC[C@@H](C(=O)N[C@H](C(=O)N5C[C@H](O)C[C@H]5C(=O)NCc5ccc(-c6ccnn6C)cc5)C(C)(C)C)CC4)cc3)cn2)C[C@@H]1C. The molecular weight excluding hydrogens is 921 g/mol. The van der Waals surface area contributed by atoms with Gasteiger partial charge in [0, 0.05) is 94.4 Å². The fourth-order valence-electron chi connectivity index (χ4n) is 10.6. The minimum Gasteiger partial charge on any atom is -0.507 e. The number of para-hydroxylation sites is 1. The van der Waals surface area contributed by atoms with Gasteiger partial charge >= 0.3 is 0 Å². The van der Waals surface area contributed by atoms with Gasteiger partial charge in [-0.1, -0.05) is 81.4 Å². The Balaban J connectivity index is 0.764. The number of piperazine rings is 1. The van der Waals surface area contributed by atoms with E-state index >= 15 is 0 Å². The molecule has 1 aliphatic carbocycles. The molecule has 2 saturated heterocycles. The minimum atomic E-state index is -0.879. The second-order valence-corrected chi connectivity index (χ2v) is 20.9. The molecule has 0 spiro atoms. The molecule has 4 atom stereocenters. The van der Waals surface area contributed by atoms with Crippen molar-refractivity contribution in [3.63, 3.8) is 0 Å². The van der Waals surface area contributed by atoms with E-state index in [2.05, 4.69) is 72.2 Å². The van der Waals surface area contributed by atoms with Crippen LogP contribution in [0.1, 0.15) is 83.8 Å². The summed E-state index contributed by atoms with van der Waals surface area (Å²) in [6, 6.07) is 25.9. The molecule has 2 aliphatic heterocycles. The number of aromatic hydroxyl groups is 1. The third-order valence-electron chi connectivity index (χ3n) is 14.8. The van der Waals surface area contributed by atoms with Crippen molar-refractivity contribution in [1.29, 1.82) is 0 Å². The molecule has 382 valence electrons. The predicted molar refractivity (Wildman–Crippen MR) is 282 cm³/mol. The molecule has 3 aromatic carbocycles. The summed E-state index contributed by atoms with van der Waals surface area (Å²) in [6.45, 7) is 13.1. The first-order valence-corrected chi connectivity index (χ1v) is 25.6. The monoisotopic (exact) mass is 989 g/mol. The molecule has 6 aromatic rings. The quantitative estimate of drug-likeness (QED) is 0.0751. The number of likely N-dealkylation sites (tertiary alicyclic amines) is 1. The molecule has 3 aliphatic rings. The zero-order chi connectivity index (χ0) is 51.4. The molecule has 0 radical (unpaired) electrons. The number of nitrogens with zero attached hydrogens (tertiary/aromatic N) is 9. The smallest absolute Gasteiger partial charge is 0.246 e. The Morgan fingerprint density at radius 3 is 2.21 bits per heavy atom. The van der Waals surface area contributed by atoms with Crippen LogP contribution in [0, 0.1) is 11.3 Å². The molecule has 73 heavy (non-hydrogen) atoms. The second kappa shape index (κ2) is 21.8. The summed E-state index contributed by atoms with van der Waals surface area (Å²) in [5, 5.41) is 43.9. The summed E-state index contributed by atoms with van der Waals surface area (Å²) >= 11 is 0. The number of benzene rings is 3. The van der Waals surface area contributed by atoms with Gasteiger partial charge in [-0.05, 0) is 97.4 Å². The van der Waals surface area contributed by atoms with Crippen LogP contribution in [-0.4, -0.2) is 120 Å². The van der Waals surface area contributed by atoms with Crippen LogP contribution in [0.5, 0.6) is 5.75 Å². The number of aryl methyl sites for hydroxylation is 1. The molecular formula is C56H68N12O5. The van der Waals surface area contributed by atoms with Gasteiger partial charge in [0.15, 0.2) is 5.82 Å². The van der Waals surface area contributed by atoms with E-state index in [1.165, 1.54) is 10.5 Å². The van der Waals surface area contributed by atoms with E-state index in [0.717, 1.165) is 53.0 Å². The van der Waals surface area contributed by atoms with Gasteiger partial charge in [-0.25, -0.2) is 9.97 Å². The molecule has 1 saturated carbocycles. The molecule has 0 unspecified atom stereocenters. The summed E-state index contributed by atoms with van der Waals surface area (Å²) < 4.78 is 1.80. The molecule has 3 fully saturated rings. The van der Waals surface area contributed by atoms with E-state index in [4.69, 9.17) is 9.97 Å². The highest BCUT2D eigenvalue weighted by molar-refractivity contribution is 5.93. The van der Waals surface area contributed by atoms with Gasteiger partial charge in [0.1, 0.15) is 17.8 Å². The number of phenols is 1. The van der Waals surface area contributed by atoms with Gasteiger partial charge in [0.2, 0.25) is 23.7 Å². The van der Waals surface area contributed by atoms with Crippen molar-refractivity contribution in [1.82, 2.24) is 45.5 Å². The molecule has 17 heteroatoms. The number of aliphatic hydroxyl groups is 1. The Morgan fingerprint density at radius 2 is 1.55 bits per heavy atom. The van der Waals surface area contributed by atoms with Gasteiger partial charge < -0.3 is 40.9 Å². The number of rotatable bonds is 14. The van der Waals surface area contributed by atoms with Crippen LogP contribution in [0.2, 0.25) is 0 Å². The number of carbonyl (C=O) groups excluding carboxylic acids is 3. The zero-order valence-electron chi connectivity index (χ0n) is 42.7. The van der Waals surface area contributed by atoms with E-state index in [1.54, 1.807) is 23.0 Å². The largest absolute Gasteiger partial charge is 0.507 e. The molecule has 0 bridgehead atoms. The maximum atomic E-state index is 14.3. The summed E-state index contributed by atoms with van der Waals surface area (Å²) in [5.41, 5.74) is 7.62.